The minimum atomic E-state index is -3.45. The van der Waals surface area contributed by atoms with Crippen LogP contribution in [0.3, 0.4) is 0 Å². The first kappa shape index (κ1) is 14.6. The largest absolute Gasteiger partial charge is 0.396 e. The lowest BCUT2D eigenvalue weighted by molar-refractivity contribution is 0.602. The monoisotopic (exact) mass is 314 g/mol. The minimum absolute atomic E-state index is 0.00932. The number of anilines is 3. The number of nitrogens with two attached hydrogens (primary N) is 1. The second kappa shape index (κ2) is 5.30. The zero-order valence-electron chi connectivity index (χ0n) is 10.5. The van der Waals surface area contributed by atoms with Crippen LogP contribution in [0.1, 0.15) is 0 Å². The summed E-state index contributed by atoms with van der Waals surface area (Å²) >= 11 is 5.68. The predicted octanol–water partition coefficient (Wildman–Crippen LogP) is 3.21. The molecule has 3 N–H and O–H groups in total. The summed E-state index contributed by atoms with van der Waals surface area (Å²) in [6, 6.07) is 8.95. The Balaban J connectivity index is 2.48. The van der Waals surface area contributed by atoms with E-state index < -0.39 is 15.7 Å². The Morgan fingerprint density at radius 1 is 1.15 bits per heavy atom. The van der Waals surface area contributed by atoms with Crippen LogP contribution >= 0.6 is 11.6 Å². The fourth-order valence-corrected chi connectivity index (χ4v) is 2.73. The fourth-order valence-electron chi connectivity index (χ4n) is 1.72. The van der Waals surface area contributed by atoms with Crippen molar-refractivity contribution in [1.82, 2.24) is 0 Å². The number of hydrogen-bond acceptors (Lipinski definition) is 4. The molecule has 0 atom stereocenters. The van der Waals surface area contributed by atoms with Crippen molar-refractivity contribution in [2.75, 3.05) is 17.3 Å². The van der Waals surface area contributed by atoms with E-state index in [1.807, 2.05) is 0 Å². The van der Waals surface area contributed by atoms with Gasteiger partial charge in [-0.15, -0.1) is 0 Å². The van der Waals surface area contributed by atoms with Crippen molar-refractivity contribution in [3.05, 3.63) is 47.2 Å². The number of sulfone groups is 1. The normalized spacial score (nSPS) is 11.3. The van der Waals surface area contributed by atoms with Gasteiger partial charge in [-0.2, -0.15) is 0 Å². The molecule has 20 heavy (non-hydrogen) atoms. The minimum Gasteiger partial charge on any atom is -0.396 e. The van der Waals surface area contributed by atoms with E-state index in [9.17, 15) is 12.8 Å². The highest BCUT2D eigenvalue weighted by atomic mass is 35.5. The van der Waals surface area contributed by atoms with E-state index in [1.165, 1.54) is 24.3 Å². The van der Waals surface area contributed by atoms with Gasteiger partial charge in [0.2, 0.25) is 0 Å². The van der Waals surface area contributed by atoms with E-state index in [0.717, 1.165) is 6.26 Å². The highest BCUT2D eigenvalue weighted by molar-refractivity contribution is 7.90. The molecule has 4 nitrogen and oxygen atoms in total. The van der Waals surface area contributed by atoms with Crippen molar-refractivity contribution < 1.29 is 12.8 Å². The van der Waals surface area contributed by atoms with Gasteiger partial charge < -0.3 is 11.1 Å². The molecule has 0 saturated carbocycles. The van der Waals surface area contributed by atoms with Crippen molar-refractivity contribution in [2.24, 2.45) is 0 Å². The summed E-state index contributed by atoms with van der Waals surface area (Å²) in [5.74, 6) is -0.627. The number of para-hydroxylation sites is 1. The van der Waals surface area contributed by atoms with Crippen molar-refractivity contribution in [2.45, 2.75) is 4.90 Å². The molecule has 106 valence electrons. The molecular weight excluding hydrogens is 303 g/mol. The second-order valence-corrected chi connectivity index (χ2v) is 6.61. The van der Waals surface area contributed by atoms with E-state index >= 15 is 0 Å². The third kappa shape index (κ3) is 2.86. The molecule has 0 fully saturated rings. The lowest BCUT2D eigenvalue weighted by Crippen LogP contribution is -2.05. The molecule has 2 rings (SSSR count). The molecule has 0 aliphatic heterocycles. The van der Waals surface area contributed by atoms with Crippen LogP contribution in [-0.2, 0) is 9.84 Å². The summed E-state index contributed by atoms with van der Waals surface area (Å²) < 4.78 is 37.0. The van der Waals surface area contributed by atoms with Gasteiger partial charge in [0, 0.05) is 6.26 Å². The number of hydrogen-bond donors (Lipinski definition) is 2. The number of nitrogens with one attached hydrogen (secondary N) is 1. The fraction of sp³-hybridized carbons (Fsp3) is 0.0769. The van der Waals surface area contributed by atoms with E-state index in [2.05, 4.69) is 5.32 Å². The molecule has 0 amide bonds. The van der Waals surface area contributed by atoms with Gasteiger partial charge in [0.1, 0.15) is 0 Å². The van der Waals surface area contributed by atoms with Gasteiger partial charge in [-0.25, -0.2) is 12.8 Å². The number of halogens is 2. The highest BCUT2D eigenvalue weighted by Gasteiger charge is 2.15. The molecule has 2 aromatic rings. The molecule has 0 radical (unpaired) electrons. The highest BCUT2D eigenvalue weighted by Crippen LogP contribution is 2.31. The van der Waals surface area contributed by atoms with Crippen LogP contribution in [-0.4, -0.2) is 14.7 Å². The first-order chi connectivity index (χ1) is 9.30. The van der Waals surface area contributed by atoms with Gasteiger partial charge in [-0.1, -0.05) is 23.7 Å². The molecule has 0 spiro atoms. The Morgan fingerprint density at radius 3 is 2.40 bits per heavy atom. The van der Waals surface area contributed by atoms with Gasteiger partial charge in [0.25, 0.3) is 0 Å². The molecule has 7 heteroatoms. The van der Waals surface area contributed by atoms with Crippen LogP contribution in [0.5, 0.6) is 0 Å². The summed E-state index contributed by atoms with van der Waals surface area (Å²) in [5, 5.41) is 2.71. The zero-order chi connectivity index (χ0) is 14.9. The van der Waals surface area contributed by atoms with Gasteiger partial charge in [-0.05, 0) is 24.3 Å². The number of benzene rings is 2. The maximum Gasteiger partial charge on any atom is 0.177 e. The van der Waals surface area contributed by atoms with Crippen LogP contribution in [0.4, 0.5) is 21.5 Å². The van der Waals surface area contributed by atoms with Crippen LogP contribution in [0.2, 0.25) is 5.02 Å². The van der Waals surface area contributed by atoms with E-state index in [4.69, 9.17) is 17.3 Å². The van der Waals surface area contributed by atoms with Crippen LogP contribution in [0.15, 0.2) is 41.3 Å². The maximum atomic E-state index is 13.8. The average Bonchev–Trinajstić information content (AvgIpc) is 2.36. The number of nitrogen functional groups attached to an aromatic ring is 1. The summed E-state index contributed by atoms with van der Waals surface area (Å²) in [7, 11) is -3.45. The standard InChI is InChI=1S/C13H12ClFN2O2S/c1-20(18,19)11-7-3-6-10(13(11)16)17-9-5-2-4-8(14)12(9)15/h2-7,17H,16H2,1H3. The lowest BCUT2D eigenvalue weighted by atomic mass is 10.2. The third-order valence-electron chi connectivity index (χ3n) is 2.69. The Hall–Kier alpha value is -1.79. The van der Waals surface area contributed by atoms with Crippen LogP contribution < -0.4 is 11.1 Å². The molecular formula is C13H12ClFN2O2S. The predicted molar refractivity (Wildman–Crippen MR) is 78.7 cm³/mol. The molecule has 0 unspecified atom stereocenters. The summed E-state index contributed by atoms with van der Waals surface area (Å²) in [5.41, 5.74) is 6.27. The summed E-state index contributed by atoms with van der Waals surface area (Å²) in [6.07, 6.45) is 1.06. The Labute approximate surface area is 121 Å². The van der Waals surface area contributed by atoms with Gasteiger partial charge in [-0.3, -0.25) is 0 Å². The van der Waals surface area contributed by atoms with Gasteiger partial charge in [0.05, 0.1) is 27.0 Å². The van der Waals surface area contributed by atoms with Crippen LogP contribution in [0.25, 0.3) is 0 Å². The van der Waals surface area contributed by atoms with E-state index in [-0.39, 0.29) is 21.3 Å². The van der Waals surface area contributed by atoms with E-state index in [0.29, 0.717) is 5.69 Å². The molecule has 2 aromatic carbocycles. The topological polar surface area (TPSA) is 72.2 Å². The average molecular weight is 315 g/mol. The Kier molecular flexibility index (Phi) is 3.87. The number of rotatable bonds is 3. The summed E-state index contributed by atoms with van der Waals surface area (Å²) in [4.78, 5) is -0.00932. The van der Waals surface area contributed by atoms with E-state index in [1.54, 1.807) is 12.1 Å². The summed E-state index contributed by atoms with van der Waals surface area (Å²) in [6.45, 7) is 0. The first-order valence-corrected chi connectivity index (χ1v) is 7.87. The molecule has 0 aromatic heterocycles. The maximum absolute atomic E-state index is 13.8. The smallest absolute Gasteiger partial charge is 0.177 e. The van der Waals surface area contributed by atoms with Crippen molar-refractivity contribution >= 4 is 38.5 Å². The molecule has 0 heterocycles. The molecule has 0 aliphatic rings. The SMILES string of the molecule is CS(=O)(=O)c1cccc(Nc2cccc(Cl)c2F)c1N. The quantitative estimate of drug-likeness (QED) is 0.853. The van der Waals surface area contributed by atoms with Gasteiger partial charge in [0.15, 0.2) is 15.7 Å². The lowest BCUT2D eigenvalue weighted by Gasteiger charge is -2.13. The molecule has 0 aliphatic carbocycles. The van der Waals surface area contributed by atoms with Gasteiger partial charge >= 0.3 is 0 Å². The molecule has 0 bridgehead atoms. The first-order valence-electron chi connectivity index (χ1n) is 5.60. The van der Waals surface area contributed by atoms with Crippen molar-refractivity contribution in [3.8, 4) is 0 Å². The van der Waals surface area contributed by atoms with Crippen LogP contribution in [0, 0.1) is 5.82 Å². The zero-order valence-corrected chi connectivity index (χ0v) is 12.1. The van der Waals surface area contributed by atoms with Crippen molar-refractivity contribution in [1.29, 1.82) is 0 Å². The Bertz CT molecular complexity index is 763. The Morgan fingerprint density at radius 2 is 1.75 bits per heavy atom. The third-order valence-corrected chi connectivity index (χ3v) is 4.13. The van der Waals surface area contributed by atoms with Crippen molar-refractivity contribution in [3.63, 3.8) is 0 Å². The second-order valence-electron chi connectivity index (χ2n) is 4.22. The molecule has 0 saturated heterocycles.